The first-order valence-electron chi connectivity index (χ1n) is 8.44. The SMILES string of the molecule is O=C(CN(CCCO)C1CCC1)N1CCCCCCC1. The molecule has 1 saturated carbocycles. The lowest BCUT2D eigenvalue weighted by Gasteiger charge is -2.38. The summed E-state index contributed by atoms with van der Waals surface area (Å²) in [4.78, 5) is 16.9. The molecule has 2 aliphatic rings. The van der Waals surface area contributed by atoms with Crippen molar-refractivity contribution < 1.29 is 9.90 Å². The summed E-state index contributed by atoms with van der Waals surface area (Å²) in [5, 5.41) is 9.02. The van der Waals surface area contributed by atoms with Crippen LogP contribution >= 0.6 is 0 Å². The van der Waals surface area contributed by atoms with Crippen LogP contribution in [0.4, 0.5) is 0 Å². The highest BCUT2D eigenvalue weighted by Gasteiger charge is 2.27. The largest absolute Gasteiger partial charge is 0.396 e. The van der Waals surface area contributed by atoms with Gasteiger partial charge in [-0.3, -0.25) is 9.69 Å². The van der Waals surface area contributed by atoms with Crippen LogP contribution in [0, 0.1) is 0 Å². The van der Waals surface area contributed by atoms with E-state index in [-0.39, 0.29) is 6.61 Å². The van der Waals surface area contributed by atoms with E-state index >= 15 is 0 Å². The van der Waals surface area contributed by atoms with E-state index in [0.717, 1.165) is 38.9 Å². The number of carbonyl (C=O) groups excluding carboxylic acids is 1. The van der Waals surface area contributed by atoms with Crippen molar-refractivity contribution in [2.75, 3.05) is 32.8 Å². The zero-order valence-electron chi connectivity index (χ0n) is 12.7. The summed E-state index contributed by atoms with van der Waals surface area (Å²) in [6, 6.07) is 0.584. The third-order valence-electron chi connectivity index (χ3n) is 4.74. The lowest BCUT2D eigenvalue weighted by molar-refractivity contribution is -0.134. The first-order chi connectivity index (χ1) is 9.81. The maximum Gasteiger partial charge on any atom is 0.236 e. The average Bonchev–Trinajstić information content (AvgIpc) is 2.33. The van der Waals surface area contributed by atoms with Gasteiger partial charge in [-0.05, 0) is 32.1 Å². The summed E-state index contributed by atoms with van der Waals surface area (Å²) in [7, 11) is 0. The summed E-state index contributed by atoms with van der Waals surface area (Å²) in [6.07, 6.45) is 10.7. The summed E-state index contributed by atoms with van der Waals surface area (Å²) in [6.45, 7) is 3.53. The zero-order chi connectivity index (χ0) is 14.2. The summed E-state index contributed by atoms with van der Waals surface area (Å²) >= 11 is 0. The van der Waals surface area contributed by atoms with Crippen LogP contribution in [0.15, 0.2) is 0 Å². The smallest absolute Gasteiger partial charge is 0.236 e. The van der Waals surface area contributed by atoms with Crippen LogP contribution in [0.25, 0.3) is 0 Å². The normalized spacial score (nSPS) is 21.4. The molecule has 1 N–H and O–H groups in total. The fraction of sp³-hybridized carbons (Fsp3) is 0.938. The number of likely N-dealkylation sites (tertiary alicyclic amines) is 1. The van der Waals surface area contributed by atoms with Gasteiger partial charge in [0.2, 0.25) is 5.91 Å². The second-order valence-electron chi connectivity index (χ2n) is 6.28. The number of hydrogen-bond acceptors (Lipinski definition) is 3. The highest BCUT2D eigenvalue weighted by atomic mass is 16.3. The van der Waals surface area contributed by atoms with Crippen LogP contribution in [-0.4, -0.2) is 59.6 Å². The summed E-state index contributed by atoms with van der Waals surface area (Å²) < 4.78 is 0. The average molecular weight is 282 g/mol. The van der Waals surface area contributed by atoms with Crippen molar-refractivity contribution in [3.8, 4) is 0 Å². The van der Waals surface area contributed by atoms with Crippen molar-refractivity contribution in [1.82, 2.24) is 9.80 Å². The minimum absolute atomic E-state index is 0.223. The Morgan fingerprint density at radius 3 is 2.25 bits per heavy atom. The van der Waals surface area contributed by atoms with Gasteiger partial charge in [0, 0.05) is 32.3 Å². The molecule has 2 fully saturated rings. The number of nitrogens with zero attached hydrogens (tertiary/aromatic N) is 2. The number of carbonyl (C=O) groups is 1. The highest BCUT2D eigenvalue weighted by molar-refractivity contribution is 5.78. The molecule has 1 amide bonds. The molecule has 4 heteroatoms. The molecule has 0 aromatic heterocycles. The molecule has 0 unspecified atom stereocenters. The third-order valence-corrected chi connectivity index (χ3v) is 4.74. The molecule has 0 atom stereocenters. The van der Waals surface area contributed by atoms with Crippen molar-refractivity contribution >= 4 is 5.91 Å². The highest BCUT2D eigenvalue weighted by Crippen LogP contribution is 2.25. The quantitative estimate of drug-likeness (QED) is 0.810. The first kappa shape index (κ1) is 15.8. The zero-order valence-corrected chi connectivity index (χ0v) is 12.7. The minimum Gasteiger partial charge on any atom is -0.396 e. The van der Waals surface area contributed by atoms with Gasteiger partial charge in [-0.25, -0.2) is 0 Å². The van der Waals surface area contributed by atoms with E-state index in [2.05, 4.69) is 9.80 Å². The first-order valence-corrected chi connectivity index (χ1v) is 8.44. The standard InChI is InChI=1S/C16H30N2O2/c19-13-7-12-18(15-8-6-9-15)14-16(20)17-10-4-2-1-3-5-11-17/h15,19H,1-14H2. The molecule has 2 rings (SSSR count). The Morgan fingerprint density at radius 1 is 1.05 bits per heavy atom. The summed E-state index contributed by atoms with van der Waals surface area (Å²) in [5.74, 6) is 0.303. The van der Waals surface area contributed by atoms with E-state index in [1.807, 2.05) is 0 Å². The molecule has 4 nitrogen and oxygen atoms in total. The molecule has 116 valence electrons. The molecule has 0 aromatic rings. The van der Waals surface area contributed by atoms with Gasteiger partial charge in [0.25, 0.3) is 0 Å². The molecule has 1 heterocycles. The molecule has 0 radical (unpaired) electrons. The second-order valence-corrected chi connectivity index (χ2v) is 6.28. The number of amides is 1. The van der Waals surface area contributed by atoms with Gasteiger partial charge >= 0.3 is 0 Å². The Bertz CT molecular complexity index is 284. The fourth-order valence-corrected chi connectivity index (χ4v) is 3.19. The predicted octanol–water partition coefficient (Wildman–Crippen LogP) is 2.02. The Labute approximate surface area is 123 Å². The van der Waals surface area contributed by atoms with Crippen molar-refractivity contribution in [2.24, 2.45) is 0 Å². The van der Waals surface area contributed by atoms with Crippen molar-refractivity contribution in [2.45, 2.75) is 63.8 Å². The Morgan fingerprint density at radius 2 is 1.70 bits per heavy atom. The number of hydrogen-bond donors (Lipinski definition) is 1. The molecule has 1 saturated heterocycles. The van der Waals surface area contributed by atoms with Gasteiger partial charge in [-0.15, -0.1) is 0 Å². The second kappa shape index (κ2) is 8.63. The Balaban J connectivity index is 1.81. The summed E-state index contributed by atoms with van der Waals surface area (Å²) in [5.41, 5.74) is 0. The molecular formula is C16H30N2O2. The van der Waals surface area contributed by atoms with E-state index in [9.17, 15) is 4.79 Å². The van der Waals surface area contributed by atoms with E-state index in [1.165, 1.54) is 38.5 Å². The minimum atomic E-state index is 0.223. The van der Waals surface area contributed by atoms with Gasteiger partial charge in [0.05, 0.1) is 6.54 Å². The van der Waals surface area contributed by atoms with Crippen LogP contribution in [0.5, 0.6) is 0 Å². The molecule has 1 aliphatic heterocycles. The van der Waals surface area contributed by atoms with Crippen LogP contribution in [0.1, 0.15) is 57.8 Å². The van der Waals surface area contributed by atoms with Crippen LogP contribution < -0.4 is 0 Å². The van der Waals surface area contributed by atoms with E-state index < -0.39 is 0 Å². The molecular weight excluding hydrogens is 252 g/mol. The number of rotatable bonds is 6. The van der Waals surface area contributed by atoms with Crippen molar-refractivity contribution in [1.29, 1.82) is 0 Å². The van der Waals surface area contributed by atoms with Crippen molar-refractivity contribution in [3.63, 3.8) is 0 Å². The predicted molar refractivity (Wildman–Crippen MR) is 80.6 cm³/mol. The molecule has 20 heavy (non-hydrogen) atoms. The Hall–Kier alpha value is -0.610. The lowest BCUT2D eigenvalue weighted by Crippen LogP contribution is -2.48. The van der Waals surface area contributed by atoms with Crippen LogP contribution in [-0.2, 0) is 4.79 Å². The van der Waals surface area contributed by atoms with Gasteiger partial charge in [-0.2, -0.15) is 0 Å². The van der Waals surface area contributed by atoms with Gasteiger partial charge < -0.3 is 10.0 Å². The van der Waals surface area contributed by atoms with E-state index in [0.29, 0.717) is 18.5 Å². The van der Waals surface area contributed by atoms with Crippen LogP contribution in [0.2, 0.25) is 0 Å². The van der Waals surface area contributed by atoms with Crippen molar-refractivity contribution in [3.05, 3.63) is 0 Å². The monoisotopic (exact) mass is 282 g/mol. The molecule has 0 aromatic carbocycles. The van der Waals surface area contributed by atoms with Gasteiger partial charge in [0.1, 0.15) is 0 Å². The molecule has 0 bridgehead atoms. The van der Waals surface area contributed by atoms with Gasteiger partial charge in [0.15, 0.2) is 0 Å². The van der Waals surface area contributed by atoms with Crippen LogP contribution in [0.3, 0.4) is 0 Å². The topological polar surface area (TPSA) is 43.8 Å². The van der Waals surface area contributed by atoms with E-state index in [1.54, 1.807) is 0 Å². The number of aliphatic hydroxyl groups is 1. The maximum atomic E-state index is 12.5. The lowest BCUT2D eigenvalue weighted by atomic mass is 9.91. The molecule has 1 aliphatic carbocycles. The van der Waals surface area contributed by atoms with Gasteiger partial charge in [-0.1, -0.05) is 25.7 Å². The molecule has 0 spiro atoms. The fourth-order valence-electron chi connectivity index (χ4n) is 3.19. The number of aliphatic hydroxyl groups excluding tert-OH is 1. The van der Waals surface area contributed by atoms with E-state index in [4.69, 9.17) is 5.11 Å². The maximum absolute atomic E-state index is 12.5. The third kappa shape index (κ3) is 4.74. The Kier molecular flexibility index (Phi) is 6.80.